The van der Waals surface area contributed by atoms with Gasteiger partial charge in [0.05, 0.1) is 11.4 Å². The Kier molecular flexibility index (Phi) is 3.18. The summed E-state index contributed by atoms with van der Waals surface area (Å²) >= 11 is 0. The van der Waals surface area contributed by atoms with E-state index in [9.17, 15) is 0 Å². The minimum atomic E-state index is -0.196. The van der Waals surface area contributed by atoms with Crippen LogP contribution in [0.1, 0.15) is 29.3 Å². The molecule has 0 bridgehead atoms. The molecule has 0 spiro atoms. The highest BCUT2D eigenvalue weighted by atomic mass is 16.5. The van der Waals surface area contributed by atoms with Crippen LogP contribution in [0.15, 0.2) is 47.6 Å². The molecule has 1 unspecified atom stereocenters. The van der Waals surface area contributed by atoms with E-state index >= 15 is 0 Å². The van der Waals surface area contributed by atoms with Crippen LogP contribution in [0.4, 0.5) is 0 Å². The highest BCUT2D eigenvalue weighted by molar-refractivity contribution is 6.04. The van der Waals surface area contributed by atoms with E-state index in [0.29, 0.717) is 6.42 Å². The van der Waals surface area contributed by atoms with Crippen molar-refractivity contribution in [3.05, 3.63) is 59.4 Å². The van der Waals surface area contributed by atoms with Crippen molar-refractivity contribution in [3.63, 3.8) is 0 Å². The molecule has 0 radical (unpaired) electrons. The average Bonchev–Trinajstić information content (AvgIpc) is 2.49. The largest absolute Gasteiger partial charge is 0.483 e. The fourth-order valence-corrected chi connectivity index (χ4v) is 2.35. The molecule has 2 heterocycles. The van der Waals surface area contributed by atoms with Gasteiger partial charge >= 0.3 is 0 Å². The third-order valence-corrected chi connectivity index (χ3v) is 3.30. The van der Waals surface area contributed by atoms with E-state index in [1.165, 1.54) is 0 Å². The summed E-state index contributed by atoms with van der Waals surface area (Å²) in [6, 6.07) is 11.6. The van der Waals surface area contributed by atoms with E-state index in [4.69, 9.17) is 10.00 Å². The molecule has 20 heavy (non-hydrogen) atoms. The van der Waals surface area contributed by atoms with Crippen LogP contribution in [-0.4, -0.2) is 10.7 Å². The highest BCUT2D eigenvalue weighted by Gasteiger charge is 2.27. The van der Waals surface area contributed by atoms with E-state index in [1.54, 1.807) is 6.20 Å². The number of pyridine rings is 1. The summed E-state index contributed by atoms with van der Waals surface area (Å²) in [5.74, 6) is 0.756. The van der Waals surface area contributed by atoms with Crippen LogP contribution in [0, 0.1) is 18.4 Å². The zero-order valence-corrected chi connectivity index (χ0v) is 11.1. The molecular formula is C16H13N3O. The summed E-state index contributed by atoms with van der Waals surface area (Å²) in [5.41, 5.74) is 3.63. The molecule has 0 amide bonds. The Bertz CT molecular complexity index is 701. The molecule has 4 heteroatoms. The van der Waals surface area contributed by atoms with Gasteiger partial charge in [-0.3, -0.25) is 4.98 Å². The van der Waals surface area contributed by atoms with Crippen molar-refractivity contribution in [2.75, 3.05) is 0 Å². The van der Waals surface area contributed by atoms with E-state index in [2.05, 4.69) is 9.98 Å². The van der Waals surface area contributed by atoms with Gasteiger partial charge in [0.2, 0.25) is 6.19 Å². The van der Waals surface area contributed by atoms with Gasteiger partial charge in [0.25, 0.3) is 0 Å². The fraction of sp³-hybridized carbons (Fsp3) is 0.188. The quantitative estimate of drug-likeness (QED) is 0.742. The Labute approximate surface area is 117 Å². The molecular weight excluding hydrogens is 250 g/mol. The van der Waals surface area contributed by atoms with Gasteiger partial charge < -0.3 is 4.74 Å². The van der Waals surface area contributed by atoms with Gasteiger partial charge in [-0.25, -0.2) is 0 Å². The fourth-order valence-electron chi connectivity index (χ4n) is 2.35. The topological polar surface area (TPSA) is 58.3 Å². The Morgan fingerprint density at radius 2 is 2.25 bits per heavy atom. The number of benzene rings is 1. The number of fused-ring (bicyclic) bond motifs is 1. The van der Waals surface area contributed by atoms with Crippen molar-refractivity contribution >= 4 is 5.71 Å². The third-order valence-electron chi connectivity index (χ3n) is 3.30. The summed E-state index contributed by atoms with van der Waals surface area (Å²) < 4.78 is 6.00. The molecule has 4 nitrogen and oxygen atoms in total. The molecule has 0 N–H and O–H groups in total. The van der Waals surface area contributed by atoms with Crippen molar-refractivity contribution in [2.24, 2.45) is 4.99 Å². The molecule has 2 aromatic rings. The molecule has 1 aromatic carbocycles. The monoisotopic (exact) mass is 263 g/mol. The lowest BCUT2D eigenvalue weighted by Crippen LogP contribution is -2.21. The summed E-state index contributed by atoms with van der Waals surface area (Å²) in [6.45, 7) is 2.01. The Morgan fingerprint density at radius 3 is 3.00 bits per heavy atom. The lowest BCUT2D eigenvalue weighted by molar-refractivity contribution is 0.201. The lowest BCUT2D eigenvalue weighted by atomic mass is 9.96. The summed E-state index contributed by atoms with van der Waals surface area (Å²) in [5, 5.41) is 8.88. The summed E-state index contributed by atoms with van der Waals surface area (Å²) in [7, 11) is 0. The zero-order valence-electron chi connectivity index (χ0n) is 11.1. The molecule has 0 saturated heterocycles. The predicted octanol–water partition coefficient (Wildman–Crippen LogP) is 3.18. The number of nitrogens with zero attached hydrogens (tertiary/aromatic N) is 3. The third kappa shape index (κ3) is 2.26. The van der Waals surface area contributed by atoms with Gasteiger partial charge in [-0.15, -0.1) is 0 Å². The molecule has 3 rings (SSSR count). The SMILES string of the molecule is Cc1ccc2c(c1)C(=NC#N)CC(c1ccccn1)O2. The summed E-state index contributed by atoms with van der Waals surface area (Å²) in [4.78, 5) is 8.28. The number of nitriles is 1. The Hall–Kier alpha value is -2.67. The lowest BCUT2D eigenvalue weighted by Gasteiger charge is -2.26. The van der Waals surface area contributed by atoms with Crippen LogP contribution < -0.4 is 4.74 Å². The van der Waals surface area contributed by atoms with Gasteiger partial charge in [0.1, 0.15) is 11.9 Å². The van der Waals surface area contributed by atoms with Crippen LogP contribution >= 0.6 is 0 Å². The van der Waals surface area contributed by atoms with E-state index < -0.39 is 0 Å². The zero-order chi connectivity index (χ0) is 13.9. The molecule has 98 valence electrons. The molecule has 1 atom stereocenters. The smallest absolute Gasteiger partial charge is 0.205 e. The van der Waals surface area contributed by atoms with Gasteiger partial charge in [-0.05, 0) is 31.2 Å². The minimum absolute atomic E-state index is 0.196. The predicted molar refractivity (Wildman–Crippen MR) is 75.6 cm³/mol. The number of aliphatic imine (C=N–C) groups is 1. The Balaban J connectivity index is 2.04. The first-order chi connectivity index (χ1) is 9.78. The van der Waals surface area contributed by atoms with Crippen molar-refractivity contribution in [1.29, 1.82) is 5.26 Å². The maximum Gasteiger partial charge on any atom is 0.205 e. The number of rotatable bonds is 1. The van der Waals surface area contributed by atoms with Crippen molar-refractivity contribution in [1.82, 2.24) is 4.98 Å². The first-order valence-electron chi connectivity index (χ1n) is 6.42. The molecule has 0 saturated carbocycles. The second kappa shape index (κ2) is 5.14. The van der Waals surface area contributed by atoms with Crippen LogP contribution in [0.5, 0.6) is 5.75 Å². The maximum atomic E-state index is 8.88. The van der Waals surface area contributed by atoms with Gasteiger partial charge in [0, 0.05) is 18.2 Å². The normalized spacial score (nSPS) is 19.0. The Morgan fingerprint density at radius 1 is 1.35 bits per heavy atom. The van der Waals surface area contributed by atoms with Crippen LogP contribution in [0.3, 0.4) is 0 Å². The number of hydrogen-bond donors (Lipinski definition) is 0. The average molecular weight is 263 g/mol. The van der Waals surface area contributed by atoms with Crippen molar-refractivity contribution < 1.29 is 4.74 Å². The van der Waals surface area contributed by atoms with E-state index in [-0.39, 0.29) is 6.10 Å². The number of ether oxygens (including phenoxy) is 1. The first kappa shape index (κ1) is 12.4. The van der Waals surface area contributed by atoms with E-state index in [1.807, 2.05) is 49.5 Å². The second-order valence-electron chi connectivity index (χ2n) is 4.72. The van der Waals surface area contributed by atoms with Crippen molar-refractivity contribution in [2.45, 2.75) is 19.4 Å². The molecule has 1 aromatic heterocycles. The second-order valence-corrected chi connectivity index (χ2v) is 4.72. The number of aryl methyl sites for hydroxylation is 1. The molecule has 0 fully saturated rings. The standard InChI is InChI=1S/C16H13N3O/c1-11-5-6-15-12(8-11)14(19-10-17)9-16(20-15)13-4-2-3-7-18-13/h2-8,16H,9H2,1H3. The number of hydrogen-bond acceptors (Lipinski definition) is 4. The first-order valence-corrected chi connectivity index (χ1v) is 6.42. The van der Waals surface area contributed by atoms with E-state index in [0.717, 1.165) is 28.3 Å². The van der Waals surface area contributed by atoms with Gasteiger partial charge in [-0.1, -0.05) is 17.7 Å². The molecule has 1 aliphatic heterocycles. The highest BCUT2D eigenvalue weighted by Crippen LogP contribution is 2.35. The molecule has 0 aliphatic carbocycles. The van der Waals surface area contributed by atoms with Gasteiger partial charge in [0.15, 0.2) is 0 Å². The summed E-state index contributed by atoms with van der Waals surface area (Å²) in [6.07, 6.45) is 3.98. The van der Waals surface area contributed by atoms with Gasteiger partial charge in [-0.2, -0.15) is 10.3 Å². The van der Waals surface area contributed by atoms with Crippen LogP contribution in [0.25, 0.3) is 0 Å². The molecule has 1 aliphatic rings. The van der Waals surface area contributed by atoms with Crippen LogP contribution in [-0.2, 0) is 0 Å². The maximum absolute atomic E-state index is 8.88. The minimum Gasteiger partial charge on any atom is -0.483 e. The number of aromatic nitrogens is 1. The van der Waals surface area contributed by atoms with Crippen LogP contribution in [0.2, 0.25) is 0 Å². The van der Waals surface area contributed by atoms with Crippen molar-refractivity contribution in [3.8, 4) is 11.9 Å².